The van der Waals surface area contributed by atoms with Crippen molar-refractivity contribution in [1.82, 2.24) is 5.32 Å². The highest BCUT2D eigenvalue weighted by Gasteiger charge is 2.07. The van der Waals surface area contributed by atoms with Crippen molar-refractivity contribution in [1.29, 1.82) is 0 Å². The van der Waals surface area contributed by atoms with Crippen molar-refractivity contribution in [2.75, 3.05) is 0 Å². The van der Waals surface area contributed by atoms with Crippen LogP contribution >= 0.6 is 0 Å². The Morgan fingerprint density at radius 2 is 2.18 bits per heavy atom. The molecule has 90 valence electrons. The molecule has 0 saturated carbocycles. The number of carbonyl (C=O) groups is 1. The van der Waals surface area contributed by atoms with E-state index in [0.717, 1.165) is 12.8 Å². The van der Waals surface area contributed by atoms with E-state index in [0.29, 0.717) is 6.42 Å². The monoisotopic (exact) mass is 229 g/mol. The second-order valence-corrected chi connectivity index (χ2v) is 4.12. The first-order valence-corrected chi connectivity index (χ1v) is 5.97. The summed E-state index contributed by atoms with van der Waals surface area (Å²) in [6.07, 6.45) is 7.32. The second kappa shape index (κ2) is 6.75. The number of benzene rings is 1. The van der Waals surface area contributed by atoms with Crippen molar-refractivity contribution in [3.05, 3.63) is 35.4 Å². The van der Waals surface area contributed by atoms with Crippen LogP contribution in [0.3, 0.4) is 0 Å². The largest absolute Gasteiger partial charge is 0.342 e. The summed E-state index contributed by atoms with van der Waals surface area (Å²) < 4.78 is 0. The van der Waals surface area contributed by atoms with Gasteiger partial charge >= 0.3 is 0 Å². The van der Waals surface area contributed by atoms with E-state index in [9.17, 15) is 4.79 Å². The van der Waals surface area contributed by atoms with E-state index in [2.05, 4.69) is 30.3 Å². The standard InChI is InChI=1S/C15H19NO/c1-4-14(5-2)16-15(17)11-10-13-9-7-6-8-12(13)3/h1,6-9,14H,5,10-11H2,2-3H3,(H,16,17). The van der Waals surface area contributed by atoms with Gasteiger partial charge in [0, 0.05) is 6.42 Å². The third kappa shape index (κ3) is 4.32. The highest BCUT2D eigenvalue weighted by atomic mass is 16.1. The van der Waals surface area contributed by atoms with E-state index in [1.54, 1.807) is 0 Å². The van der Waals surface area contributed by atoms with Gasteiger partial charge in [0.05, 0.1) is 6.04 Å². The van der Waals surface area contributed by atoms with E-state index >= 15 is 0 Å². The van der Waals surface area contributed by atoms with Crippen molar-refractivity contribution in [3.8, 4) is 12.3 Å². The lowest BCUT2D eigenvalue weighted by Crippen LogP contribution is -2.33. The number of nitrogens with one attached hydrogen (secondary N) is 1. The summed E-state index contributed by atoms with van der Waals surface area (Å²) in [6.45, 7) is 4.02. The quantitative estimate of drug-likeness (QED) is 0.772. The molecule has 0 fully saturated rings. The molecule has 0 aliphatic heterocycles. The predicted octanol–water partition coefficient (Wildman–Crippen LogP) is 2.46. The Labute approximate surface area is 103 Å². The normalized spacial score (nSPS) is 11.6. The van der Waals surface area contributed by atoms with Gasteiger partial charge < -0.3 is 5.32 Å². The first kappa shape index (κ1) is 13.3. The summed E-state index contributed by atoms with van der Waals surface area (Å²) in [5.74, 6) is 2.59. The Kier molecular flexibility index (Phi) is 5.29. The molecule has 0 spiro atoms. The molecule has 1 rings (SSSR count). The molecule has 1 unspecified atom stereocenters. The summed E-state index contributed by atoms with van der Waals surface area (Å²) in [5.41, 5.74) is 2.45. The minimum absolute atomic E-state index is 0.0260. The molecule has 0 aliphatic carbocycles. The van der Waals surface area contributed by atoms with Gasteiger partial charge in [-0.05, 0) is 30.9 Å². The lowest BCUT2D eigenvalue weighted by atomic mass is 10.0. The molecule has 17 heavy (non-hydrogen) atoms. The van der Waals surface area contributed by atoms with Gasteiger partial charge in [-0.2, -0.15) is 0 Å². The Bertz CT molecular complexity index is 417. The van der Waals surface area contributed by atoms with E-state index in [4.69, 9.17) is 6.42 Å². The Hall–Kier alpha value is -1.75. The van der Waals surface area contributed by atoms with Crippen molar-refractivity contribution < 1.29 is 4.79 Å². The molecule has 1 aromatic rings. The summed E-state index contributed by atoms with van der Waals surface area (Å²) in [6, 6.07) is 7.98. The summed E-state index contributed by atoms with van der Waals surface area (Å²) >= 11 is 0. The van der Waals surface area contributed by atoms with Crippen LogP contribution in [-0.4, -0.2) is 11.9 Å². The molecule has 0 aliphatic rings. The molecule has 0 saturated heterocycles. The van der Waals surface area contributed by atoms with Crippen LogP contribution in [0.2, 0.25) is 0 Å². The SMILES string of the molecule is C#CC(CC)NC(=O)CCc1ccccc1C. The van der Waals surface area contributed by atoms with Crippen LogP contribution < -0.4 is 5.32 Å². The second-order valence-electron chi connectivity index (χ2n) is 4.12. The minimum Gasteiger partial charge on any atom is -0.342 e. The zero-order chi connectivity index (χ0) is 12.7. The summed E-state index contributed by atoms with van der Waals surface area (Å²) in [7, 11) is 0. The maximum absolute atomic E-state index is 11.6. The van der Waals surface area contributed by atoms with E-state index in [1.165, 1.54) is 11.1 Å². The lowest BCUT2D eigenvalue weighted by Gasteiger charge is -2.11. The van der Waals surface area contributed by atoms with Gasteiger partial charge in [0.1, 0.15) is 0 Å². The zero-order valence-electron chi connectivity index (χ0n) is 10.5. The van der Waals surface area contributed by atoms with Crippen LogP contribution in [-0.2, 0) is 11.2 Å². The molecule has 1 aromatic carbocycles. The van der Waals surface area contributed by atoms with Gasteiger partial charge in [-0.15, -0.1) is 6.42 Å². The predicted molar refractivity (Wildman–Crippen MR) is 70.6 cm³/mol. The molecule has 1 N–H and O–H groups in total. The molecule has 1 atom stereocenters. The number of aryl methyl sites for hydroxylation is 2. The van der Waals surface area contributed by atoms with Crippen molar-refractivity contribution in [3.63, 3.8) is 0 Å². The van der Waals surface area contributed by atoms with Crippen molar-refractivity contribution in [2.24, 2.45) is 0 Å². The number of hydrogen-bond donors (Lipinski definition) is 1. The fourth-order valence-corrected chi connectivity index (χ4v) is 1.67. The lowest BCUT2D eigenvalue weighted by molar-refractivity contribution is -0.121. The molecule has 0 aromatic heterocycles. The summed E-state index contributed by atoms with van der Waals surface area (Å²) in [5, 5.41) is 2.83. The fourth-order valence-electron chi connectivity index (χ4n) is 1.67. The number of rotatable bonds is 5. The van der Waals surface area contributed by atoms with E-state index < -0.39 is 0 Å². The first-order chi connectivity index (χ1) is 8.17. The van der Waals surface area contributed by atoms with E-state index in [-0.39, 0.29) is 11.9 Å². The molecular weight excluding hydrogens is 210 g/mol. The van der Waals surface area contributed by atoms with E-state index in [1.807, 2.05) is 19.1 Å². The van der Waals surface area contributed by atoms with Gasteiger partial charge in [0.2, 0.25) is 5.91 Å². The molecule has 2 nitrogen and oxygen atoms in total. The van der Waals surface area contributed by atoms with Crippen LogP contribution in [0.4, 0.5) is 0 Å². The number of carbonyl (C=O) groups excluding carboxylic acids is 1. The number of hydrogen-bond acceptors (Lipinski definition) is 1. The average molecular weight is 229 g/mol. The van der Waals surface area contributed by atoms with Gasteiger partial charge in [-0.3, -0.25) is 4.79 Å². The average Bonchev–Trinajstić information content (AvgIpc) is 2.35. The molecule has 0 radical (unpaired) electrons. The number of terminal acetylenes is 1. The molecule has 0 bridgehead atoms. The Morgan fingerprint density at radius 3 is 2.76 bits per heavy atom. The van der Waals surface area contributed by atoms with Crippen LogP contribution in [0.25, 0.3) is 0 Å². The maximum atomic E-state index is 11.6. The Morgan fingerprint density at radius 1 is 1.47 bits per heavy atom. The van der Waals surface area contributed by atoms with Gasteiger partial charge in [-0.25, -0.2) is 0 Å². The van der Waals surface area contributed by atoms with Crippen LogP contribution in [0.15, 0.2) is 24.3 Å². The van der Waals surface area contributed by atoms with Crippen LogP contribution in [0, 0.1) is 19.3 Å². The van der Waals surface area contributed by atoms with Crippen LogP contribution in [0.1, 0.15) is 30.9 Å². The third-order valence-electron chi connectivity index (χ3n) is 2.83. The molecular formula is C15H19NO. The summed E-state index contributed by atoms with van der Waals surface area (Å²) in [4.78, 5) is 11.6. The molecule has 1 amide bonds. The minimum atomic E-state index is -0.139. The fraction of sp³-hybridized carbons (Fsp3) is 0.400. The maximum Gasteiger partial charge on any atom is 0.221 e. The highest BCUT2D eigenvalue weighted by molar-refractivity contribution is 5.76. The van der Waals surface area contributed by atoms with Gasteiger partial charge in [0.25, 0.3) is 0 Å². The highest BCUT2D eigenvalue weighted by Crippen LogP contribution is 2.09. The van der Waals surface area contributed by atoms with Gasteiger partial charge in [-0.1, -0.05) is 37.1 Å². The van der Waals surface area contributed by atoms with Crippen molar-refractivity contribution in [2.45, 2.75) is 39.2 Å². The topological polar surface area (TPSA) is 29.1 Å². The van der Waals surface area contributed by atoms with Crippen molar-refractivity contribution >= 4 is 5.91 Å². The zero-order valence-corrected chi connectivity index (χ0v) is 10.5. The molecule has 0 heterocycles. The molecule has 2 heteroatoms. The first-order valence-electron chi connectivity index (χ1n) is 5.97. The third-order valence-corrected chi connectivity index (χ3v) is 2.83. The van der Waals surface area contributed by atoms with Crippen LogP contribution in [0.5, 0.6) is 0 Å². The van der Waals surface area contributed by atoms with Gasteiger partial charge in [0.15, 0.2) is 0 Å². The number of amides is 1. The Balaban J connectivity index is 2.44. The smallest absolute Gasteiger partial charge is 0.221 e.